The van der Waals surface area contributed by atoms with Gasteiger partial charge in [0.1, 0.15) is 17.1 Å². The van der Waals surface area contributed by atoms with Crippen LogP contribution in [-0.2, 0) is 17.7 Å². The molecule has 1 fully saturated rings. The Morgan fingerprint density at radius 2 is 1.94 bits per heavy atom. The molecule has 4 rings (SSSR count). The quantitative estimate of drug-likeness (QED) is 0.300. The molecule has 1 aromatic heterocycles. The lowest BCUT2D eigenvalue weighted by atomic mass is 10.1. The van der Waals surface area contributed by atoms with E-state index in [-0.39, 0.29) is 5.96 Å². The van der Waals surface area contributed by atoms with Gasteiger partial charge in [-0.15, -0.1) is 0 Å². The summed E-state index contributed by atoms with van der Waals surface area (Å²) in [6.45, 7) is 5.21. The van der Waals surface area contributed by atoms with Crippen LogP contribution in [0.15, 0.2) is 52.9 Å². The molecule has 2 aromatic carbocycles. The van der Waals surface area contributed by atoms with E-state index in [1.165, 1.54) is 5.56 Å². The first-order chi connectivity index (χ1) is 15.6. The zero-order chi connectivity index (χ0) is 22.3. The highest BCUT2D eigenvalue weighted by molar-refractivity contribution is 5.94. The Morgan fingerprint density at radius 3 is 2.69 bits per heavy atom. The second kappa shape index (κ2) is 10.5. The first kappa shape index (κ1) is 22.2. The summed E-state index contributed by atoms with van der Waals surface area (Å²) in [4.78, 5) is 4.20. The molecule has 1 aliphatic rings. The Bertz CT molecular complexity index is 1010. The van der Waals surface area contributed by atoms with E-state index >= 15 is 0 Å². The number of para-hydroxylation sites is 1. The Morgan fingerprint density at radius 1 is 1.12 bits per heavy atom. The number of ether oxygens (including phenoxy) is 2. The normalized spacial score (nSPS) is 14.5. The van der Waals surface area contributed by atoms with Gasteiger partial charge in [-0.2, -0.15) is 0 Å². The summed E-state index contributed by atoms with van der Waals surface area (Å²) in [5.41, 5.74) is 8.80. The lowest BCUT2D eigenvalue weighted by Gasteiger charge is -2.26. The number of nitrogens with two attached hydrogens (primary N) is 1. The average Bonchev–Trinajstić information content (AvgIpc) is 3.23. The standard InChI is InChI=1S/C25H32N4O3/c1-30-24-10-9-19(6-4-5-11-28-12-14-31-15-13-28)16-22(24)29(25(26)27)18-21-17-20-7-2-3-8-23(20)32-21/h2-3,7-10,16-17H,4-6,11-15,18H2,1H3,(H3,26,27). The molecule has 7 heteroatoms. The third-order valence-electron chi connectivity index (χ3n) is 5.91. The molecule has 0 aliphatic carbocycles. The van der Waals surface area contributed by atoms with Crippen molar-refractivity contribution in [1.29, 1.82) is 5.41 Å². The molecular weight excluding hydrogens is 404 g/mol. The van der Waals surface area contributed by atoms with Crippen LogP contribution in [-0.4, -0.2) is 50.8 Å². The number of fused-ring (bicyclic) bond motifs is 1. The molecule has 3 N–H and O–H groups in total. The molecule has 2 heterocycles. The number of furan rings is 1. The zero-order valence-electron chi connectivity index (χ0n) is 18.7. The van der Waals surface area contributed by atoms with Crippen molar-refractivity contribution in [2.24, 2.45) is 5.73 Å². The van der Waals surface area contributed by atoms with Gasteiger partial charge >= 0.3 is 0 Å². The summed E-state index contributed by atoms with van der Waals surface area (Å²) in [6, 6.07) is 16.0. The molecule has 7 nitrogen and oxygen atoms in total. The van der Waals surface area contributed by atoms with Gasteiger partial charge in [-0.25, -0.2) is 0 Å². The van der Waals surface area contributed by atoms with Crippen molar-refractivity contribution < 1.29 is 13.9 Å². The summed E-state index contributed by atoms with van der Waals surface area (Å²) in [5, 5.41) is 9.22. The maximum Gasteiger partial charge on any atom is 0.193 e. The van der Waals surface area contributed by atoms with Gasteiger partial charge in [0.15, 0.2) is 5.96 Å². The number of anilines is 1. The maximum atomic E-state index is 8.19. The third-order valence-corrected chi connectivity index (χ3v) is 5.91. The second-order valence-corrected chi connectivity index (χ2v) is 8.14. The van der Waals surface area contributed by atoms with Gasteiger partial charge < -0.3 is 24.5 Å². The van der Waals surface area contributed by atoms with Crippen LogP contribution in [0.4, 0.5) is 5.69 Å². The number of methoxy groups -OCH3 is 1. The predicted molar refractivity (Wildman–Crippen MR) is 128 cm³/mol. The molecule has 0 atom stereocenters. The number of hydrogen-bond acceptors (Lipinski definition) is 5. The number of unbranched alkanes of at least 4 members (excludes halogenated alkanes) is 1. The average molecular weight is 437 g/mol. The molecule has 1 saturated heterocycles. The summed E-state index contributed by atoms with van der Waals surface area (Å²) >= 11 is 0. The van der Waals surface area contributed by atoms with Crippen molar-refractivity contribution in [2.45, 2.75) is 25.8 Å². The molecule has 0 saturated carbocycles. The van der Waals surface area contributed by atoms with Crippen LogP contribution in [0.5, 0.6) is 5.75 Å². The van der Waals surface area contributed by atoms with Crippen molar-refractivity contribution in [1.82, 2.24) is 4.90 Å². The minimum absolute atomic E-state index is 0.0479. The van der Waals surface area contributed by atoms with Gasteiger partial charge in [0.25, 0.3) is 0 Å². The number of rotatable bonds is 9. The van der Waals surface area contributed by atoms with Gasteiger partial charge in [0.05, 0.1) is 32.6 Å². The Balaban J connectivity index is 1.45. The fourth-order valence-corrected chi connectivity index (χ4v) is 4.16. The number of hydrogen-bond donors (Lipinski definition) is 2. The van der Waals surface area contributed by atoms with E-state index in [1.807, 2.05) is 36.4 Å². The van der Waals surface area contributed by atoms with Gasteiger partial charge in [-0.1, -0.05) is 24.3 Å². The van der Waals surface area contributed by atoms with Gasteiger partial charge in [0, 0.05) is 18.5 Å². The molecule has 0 amide bonds. The van der Waals surface area contributed by atoms with Crippen LogP contribution in [0.3, 0.4) is 0 Å². The van der Waals surface area contributed by atoms with E-state index in [4.69, 9.17) is 25.0 Å². The number of benzene rings is 2. The highest BCUT2D eigenvalue weighted by Gasteiger charge is 2.18. The number of aryl methyl sites for hydroxylation is 1. The monoisotopic (exact) mass is 436 g/mol. The fourth-order valence-electron chi connectivity index (χ4n) is 4.16. The molecular formula is C25H32N4O3. The summed E-state index contributed by atoms with van der Waals surface area (Å²) in [6.07, 6.45) is 3.22. The van der Waals surface area contributed by atoms with E-state index < -0.39 is 0 Å². The highest BCUT2D eigenvalue weighted by Crippen LogP contribution is 2.32. The first-order valence-corrected chi connectivity index (χ1v) is 11.2. The van der Waals surface area contributed by atoms with Crippen molar-refractivity contribution in [3.8, 4) is 5.75 Å². The van der Waals surface area contributed by atoms with E-state index in [9.17, 15) is 0 Å². The maximum absolute atomic E-state index is 8.19. The highest BCUT2D eigenvalue weighted by atomic mass is 16.5. The lowest BCUT2D eigenvalue weighted by molar-refractivity contribution is 0.0372. The predicted octanol–water partition coefficient (Wildman–Crippen LogP) is 4.00. The third kappa shape index (κ3) is 5.41. The first-order valence-electron chi connectivity index (χ1n) is 11.2. The van der Waals surface area contributed by atoms with Gasteiger partial charge in [-0.3, -0.25) is 10.3 Å². The molecule has 0 unspecified atom stereocenters. The Kier molecular flexibility index (Phi) is 7.29. The van der Waals surface area contributed by atoms with E-state index in [0.717, 1.165) is 74.5 Å². The van der Waals surface area contributed by atoms with Crippen molar-refractivity contribution in [3.05, 3.63) is 59.9 Å². The van der Waals surface area contributed by atoms with Crippen LogP contribution in [0.2, 0.25) is 0 Å². The van der Waals surface area contributed by atoms with Gasteiger partial charge in [-0.05, 0) is 55.6 Å². The number of morpholine rings is 1. The topological polar surface area (TPSA) is 88.0 Å². The van der Waals surface area contributed by atoms with Crippen LogP contribution < -0.4 is 15.4 Å². The smallest absolute Gasteiger partial charge is 0.193 e. The zero-order valence-corrected chi connectivity index (χ0v) is 18.7. The number of nitrogens with zero attached hydrogens (tertiary/aromatic N) is 2. The number of nitrogens with one attached hydrogen (secondary N) is 1. The molecule has 0 spiro atoms. The summed E-state index contributed by atoms with van der Waals surface area (Å²) < 4.78 is 17.0. The van der Waals surface area contributed by atoms with E-state index in [2.05, 4.69) is 17.0 Å². The van der Waals surface area contributed by atoms with E-state index in [1.54, 1.807) is 12.0 Å². The van der Waals surface area contributed by atoms with Gasteiger partial charge in [0.2, 0.25) is 0 Å². The summed E-state index contributed by atoms with van der Waals surface area (Å²) in [7, 11) is 1.64. The minimum atomic E-state index is -0.0479. The van der Waals surface area contributed by atoms with E-state index in [0.29, 0.717) is 12.3 Å². The molecule has 0 bridgehead atoms. The minimum Gasteiger partial charge on any atom is -0.495 e. The van der Waals surface area contributed by atoms with Crippen LogP contribution in [0.25, 0.3) is 11.0 Å². The fraction of sp³-hybridized carbons (Fsp3) is 0.400. The second-order valence-electron chi connectivity index (χ2n) is 8.14. The molecule has 32 heavy (non-hydrogen) atoms. The Labute approximate surface area is 189 Å². The molecule has 170 valence electrons. The van der Waals surface area contributed by atoms with Crippen LogP contribution in [0.1, 0.15) is 24.2 Å². The van der Waals surface area contributed by atoms with Crippen molar-refractivity contribution >= 4 is 22.6 Å². The molecule has 1 aliphatic heterocycles. The molecule has 3 aromatic rings. The lowest BCUT2D eigenvalue weighted by Crippen LogP contribution is -2.36. The van der Waals surface area contributed by atoms with Crippen molar-refractivity contribution in [2.75, 3.05) is 44.9 Å². The largest absolute Gasteiger partial charge is 0.495 e. The van der Waals surface area contributed by atoms with Crippen LogP contribution in [0, 0.1) is 5.41 Å². The Hall–Kier alpha value is -3.03. The SMILES string of the molecule is COc1ccc(CCCCN2CCOCC2)cc1N(Cc1cc2ccccc2o1)C(=N)N. The number of guanidine groups is 1. The van der Waals surface area contributed by atoms with Crippen LogP contribution >= 0.6 is 0 Å². The van der Waals surface area contributed by atoms with Crippen molar-refractivity contribution in [3.63, 3.8) is 0 Å². The molecule has 0 radical (unpaired) electrons. The summed E-state index contributed by atoms with van der Waals surface area (Å²) in [5.74, 6) is 1.39.